The molecule has 0 aliphatic rings. The predicted molar refractivity (Wildman–Crippen MR) is 74.9 cm³/mol. The zero-order chi connectivity index (χ0) is 13.6. The van der Waals surface area contributed by atoms with Crippen molar-refractivity contribution in [2.24, 2.45) is 0 Å². The van der Waals surface area contributed by atoms with Crippen molar-refractivity contribution in [1.29, 1.82) is 0 Å². The SMILES string of the molecule is Oc1ccc(O)c(-c2nc3c(Cl)cc(Cl)cc3[nH]2)c1. The molecule has 0 saturated carbocycles. The number of halogens is 2. The number of aromatic hydroxyl groups is 2. The lowest BCUT2D eigenvalue weighted by Crippen LogP contribution is -1.81. The third-order valence-corrected chi connectivity index (χ3v) is 3.25. The van der Waals surface area contributed by atoms with Crippen molar-refractivity contribution in [1.82, 2.24) is 9.97 Å². The third-order valence-electron chi connectivity index (χ3n) is 2.74. The summed E-state index contributed by atoms with van der Waals surface area (Å²) in [6.07, 6.45) is 0. The van der Waals surface area contributed by atoms with E-state index in [0.717, 1.165) is 0 Å². The van der Waals surface area contributed by atoms with Crippen LogP contribution >= 0.6 is 23.2 Å². The summed E-state index contributed by atoms with van der Waals surface area (Å²) in [6, 6.07) is 7.50. The van der Waals surface area contributed by atoms with Gasteiger partial charge in [0.15, 0.2) is 0 Å². The van der Waals surface area contributed by atoms with Gasteiger partial charge in [-0.2, -0.15) is 0 Å². The molecule has 19 heavy (non-hydrogen) atoms. The van der Waals surface area contributed by atoms with E-state index in [4.69, 9.17) is 23.2 Å². The molecule has 0 saturated heterocycles. The van der Waals surface area contributed by atoms with Gasteiger partial charge in [0.2, 0.25) is 0 Å². The minimum Gasteiger partial charge on any atom is -0.508 e. The molecule has 0 aliphatic carbocycles. The van der Waals surface area contributed by atoms with Crippen LogP contribution in [0.3, 0.4) is 0 Å². The van der Waals surface area contributed by atoms with Gasteiger partial charge >= 0.3 is 0 Å². The molecular formula is C13H8Cl2N2O2. The maximum Gasteiger partial charge on any atom is 0.142 e. The number of aromatic amines is 1. The first-order valence-electron chi connectivity index (χ1n) is 5.42. The van der Waals surface area contributed by atoms with E-state index in [2.05, 4.69) is 9.97 Å². The standard InChI is InChI=1S/C13H8Cl2N2O2/c14-6-3-9(15)12-10(4-6)16-13(17-12)8-5-7(18)1-2-11(8)19/h1-5,18-19H,(H,16,17). The molecule has 0 radical (unpaired) electrons. The number of fused-ring (bicyclic) bond motifs is 1. The fourth-order valence-corrected chi connectivity index (χ4v) is 2.42. The second-order valence-corrected chi connectivity index (χ2v) is 4.91. The average Bonchev–Trinajstić information content (AvgIpc) is 2.76. The van der Waals surface area contributed by atoms with Gasteiger partial charge in [0.05, 0.1) is 16.1 Å². The summed E-state index contributed by atoms with van der Waals surface area (Å²) in [7, 11) is 0. The first kappa shape index (κ1) is 12.1. The fraction of sp³-hybridized carbons (Fsp3) is 0. The first-order valence-corrected chi connectivity index (χ1v) is 6.17. The van der Waals surface area contributed by atoms with Gasteiger partial charge in [-0.3, -0.25) is 0 Å². The summed E-state index contributed by atoms with van der Waals surface area (Å²) in [6.45, 7) is 0. The van der Waals surface area contributed by atoms with E-state index in [0.29, 0.717) is 32.5 Å². The number of phenols is 2. The number of rotatable bonds is 1. The van der Waals surface area contributed by atoms with E-state index in [1.54, 1.807) is 12.1 Å². The number of hydrogen-bond acceptors (Lipinski definition) is 3. The van der Waals surface area contributed by atoms with E-state index in [1.165, 1.54) is 18.2 Å². The highest BCUT2D eigenvalue weighted by atomic mass is 35.5. The largest absolute Gasteiger partial charge is 0.508 e. The van der Waals surface area contributed by atoms with Gasteiger partial charge in [-0.05, 0) is 30.3 Å². The molecule has 4 nitrogen and oxygen atoms in total. The van der Waals surface area contributed by atoms with Crippen molar-refractivity contribution >= 4 is 34.2 Å². The number of nitrogens with zero attached hydrogens (tertiary/aromatic N) is 1. The second-order valence-electron chi connectivity index (χ2n) is 4.07. The average molecular weight is 295 g/mol. The van der Waals surface area contributed by atoms with E-state index < -0.39 is 0 Å². The Morgan fingerprint density at radius 3 is 2.63 bits per heavy atom. The third kappa shape index (κ3) is 2.09. The minimum absolute atomic E-state index is 0.0130. The smallest absolute Gasteiger partial charge is 0.142 e. The Bertz CT molecular complexity index is 784. The second kappa shape index (κ2) is 4.33. The Morgan fingerprint density at radius 1 is 1.05 bits per heavy atom. The van der Waals surface area contributed by atoms with E-state index in [9.17, 15) is 10.2 Å². The molecule has 2 aromatic carbocycles. The van der Waals surface area contributed by atoms with E-state index in [1.807, 2.05) is 0 Å². The molecule has 1 aromatic heterocycles. The van der Waals surface area contributed by atoms with Gasteiger partial charge in [0.1, 0.15) is 22.8 Å². The molecule has 3 N–H and O–H groups in total. The molecule has 3 rings (SSSR count). The topological polar surface area (TPSA) is 69.1 Å². The van der Waals surface area contributed by atoms with Crippen molar-refractivity contribution in [3.05, 3.63) is 40.4 Å². The molecule has 96 valence electrons. The van der Waals surface area contributed by atoms with Crippen LogP contribution in [0.5, 0.6) is 11.5 Å². The highest BCUT2D eigenvalue weighted by Crippen LogP contribution is 2.34. The number of aromatic nitrogens is 2. The minimum atomic E-state index is 0.0130. The van der Waals surface area contributed by atoms with Gasteiger partial charge in [-0.1, -0.05) is 23.2 Å². The number of imidazole rings is 1. The van der Waals surface area contributed by atoms with Gasteiger partial charge in [0, 0.05) is 5.02 Å². The van der Waals surface area contributed by atoms with Crippen molar-refractivity contribution in [3.8, 4) is 22.9 Å². The summed E-state index contributed by atoms with van der Waals surface area (Å²) in [5.41, 5.74) is 1.61. The van der Waals surface area contributed by atoms with Crippen LogP contribution in [-0.2, 0) is 0 Å². The zero-order valence-electron chi connectivity index (χ0n) is 9.48. The molecule has 0 bridgehead atoms. The van der Waals surface area contributed by atoms with Crippen LogP contribution in [0.2, 0.25) is 10.0 Å². The number of phenolic OH excluding ortho intramolecular Hbond substituents is 2. The maximum atomic E-state index is 9.81. The Morgan fingerprint density at radius 2 is 1.84 bits per heavy atom. The summed E-state index contributed by atoms with van der Waals surface area (Å²) >= 11 is 12.0. The number of nitrogens with one attached hydrogen (secondary N) is 1. The normalized spacial score (nSPS) is 11.1. The lowest BCUT2D eigenvalue weighted by atomic mass is 10.2. The van der Waals surface area contributed by atoms with Gasteiger partial charge in [-0.15, -0.1) is 0 Å². The monoisotopic (exact) mass is 294 g/mol. The molecule has 0 spiro atoms. The maximum absolute atomic E-state index is 9.81. The molecule has 0 aliphatic heterocycles. The predicted octanol–water partition coefficient (Wildman–Crippen LogP) is 3.95. The molecule has 0 atom stereocenters. The summed E-state index contributed by atoms with van der Waals surface area (Å²) in [5.74, 6) is 0.462. The lowest BCUT2D eigenvalue weighted by molar-refractivity contribution is 0.461. The Balaban J connectivity index is 2.26. The lowest BCUT2D eigenvalue weighted by Gasteiger charge is -2.01. The van der Waals surface area contributed by atoms with Crippen molar-refractivity contribution in [2.45, 2.75) is 0 Å². The van der Waals surface area contributed by atoms with Gasteiger partial charge in [-0.25, -0.2) is 4.98 Å². The molecular weight excluding hydrogens is 287 g/mol. The zero-order valence-corrected chi connectivity index (χ0v) is 11.0. The number of H-pyrrole nitrogens is 1. The van der Waals surface area contributed by atoms with Crippen molar-refractivity contribution in [3.63, 3.8) is 0 Å². The van der Waals surface area contributed by atoms with Gasteiger partial charge < -0.3 is 15.2 Å². The van der Waals surface area contributed by atoms with Crippen LogP contribution < -0.4 is 0 Å². The van der Waals surface area contributed by atoms with Crippen LogP contribution in [0.4, 0.5) is 0 Å². The number of hydrogen-bond donors (Lipinski definition) is 3. The molecule has 6 heteroatoms. The molecule has 0 amide bonds. The van der Waals surface area contributed by atoms with Crippen molar-refractivity contribution in [2.75, 3.05) is 0 Å². The summed E-state index contributed by atoms with van der Waals surface area (Å²) in [5, 5.41) is 20.2. The highest BCUT2D eigenvalue weighted by Gasteiger charge is 2.13. The molecule has 0 unspecified atom stereocenters. The van der Waals surface area contributed by atoms with Crippen LogP contribution in [0.15, 0.2) is 30.3 Å². The van der Waals surface area contributed by atoms with E-state index >= 15 is 0 Å². The Kier molecular flexibility index (Phi) is 2.77. The fourth-order valence-electron chi connectivity index (χ4n) is 1.88. The van der Waals surface area contributed by atoms with Gasteiger partial charge in [0.25, 0.3) is 0 Å². The first-order chi connectivity index (χ1) is 9.04. The van der Waals surface area contributed by atoms with E-state index in [-0.39, 0.29) is 11.5 Å². The van der Waals surface area contributed by atoms with Crippen LogP contribution in [0.25, 0.3) is 22.4 Å². The van der Waals surface area contributed by atoms with Crippen LogP contribution in [-0.4, -0.2) is 20.2 Å². The Labute approximate surface area is 118 Å². The van der Waals surface area contributed by atoms with Crippen LogP contribution in [0, 0.1) is 0 Å². The quantitative estimate of drug-likeness (QED) is 0.595. The summed E-state index contributed by atoms with van der Waals surface area (Å²) in [4.78, 5) is 7.32. The molecule has 1 heterocycles. The van der Waals surface area contributed by atoms with Crippen molar-refractivity contribution < 1.29 is 10.2 Å². The molecule has 0 fully saturated rings. The number of benzene rings is 2. The Hall–Kier alpha value is -1.91. The van der Waals surface area contributed by atoms with Crippen LogP contribution in [0.1, 0.15) is 0 Å². The molecule has 3 aromatic rings. The highest BCUT2D eigenvalue weighted by molar-refractivity contribution is 6.38. The summed E-state index contributed by atoms with van der Waals surface area (Å²) < 4.78 is 0.